The molecule has 4 aromatic rings. The summed E-state index contributed by atoms with van der Waals surface area (Å²) in [5, 5.41) is 21.3. The highest BCUT2D eigenvalue weighted by Crippen LogP contribution is 2.40. The Labute approximate surface area is 207 Å². The number of carboxylic acid groups (broad SMARTS) is 2. The summed E-state index contributed by atoms with van der Waals surface area (Å²) in [5.41, 5.74) is 2.07. The molecule has 0 saturated heterocycles. The van der Waals surface area contributed by atoms with Gasteiger partial charge in [0.1, 0.15) is 37.9 Å². The Bertz CT molecular complexity index is 1260. The van der Waals surface area contributed by atoms with Crippen LogP contribution in [0.15, 0.2) is 72.8 Å². The molecule has 0 aromatic heterocycles. The SMILES string of the molecule is O=C(O)COCCOc1ccc(-c2ccc(OCCOCC(=O)O)c3ccccc23)c2ccccc12. The van der Waals surface area contributed by atoms with E-state index in [1.807, 2.05) is 72.8 Å². The van der Waals surface area contributed by atoms with Crippen LogP contribution in [-0.2, 0) is 19.1 Å². The maximum Gasteiger partial charge on any atom is 0.329 e. The van der Waals surface area contributed by atoms with Crippen LogP contribution < -0.4 is 9.47 Å². The average molecular weight is 491 g/mol. The highest BCUT2D eigenvalue weighted by atomic mass is 16.5. The largest absolute Gasteiger partial charge is 0.491 e. The quantitative estimate of drug-likeness (QED) is 0.261. The van der Waals surface area contributed by atoms with E-state index in [9.17, 15) is 9.59 Å². The van der Waals surface area contributed by atoms with Crippen LogP contribution in [0, 0.1) is 0 Å². The molecule has 0 fully saturated rings. The van der Waals surface area contributed by atoms with E-state index in [0.717, 1.165) is 32.7 Å². The van der Waals surface area contributed by atoms with Crippen molar-refractivity contribution in [2.24, 2.45) is 0 Å². The summed E-state index contributed by atoms with van der Waals surface area (Å²) in [6.45, 7) is 0.117. The first-order valence-electron chi connectivity index (χ1n) is 11.4. The van der Waals surface area contributed by atoms with Crippen molar-refractivity contribution in [2.45, 2.75) is 0 Å². The number of hydrogen-bond donors (Lipinski definition) is 2. The lowest BCUT2D eigenvalue weighted by molar-refractivity contribution is -0.143. The molecule has 0 spiro atoms. The molecule has 0 bridgehead atoms. The van der Waals surface area contributed by atoms with Gasteiger partial charge >= 0.3 is 11.9 Å². The van der Waals surface area contributed by atoms with Gasteiger partial charge in [-0.15, -0.1) is 0 Å². The Hall–Kier alpha value is -4.14. The third-order valence-corrected chi connectivity index (χ3v) is 5.48. The van der Waals surface area contributed by atoms with Gasteiger partial charge in [0.05, 0.1) is 13.2 Å². The van der Waals surface area contributed by atoms with Crippen LogP contribution in [0.1, 0.15) is 0 Å². The van der Waals surface area contributed by atoms with Gasteiger partial charge in [-0.3, -0.25) is 0 Å². The van der Waals surface area contributed by atoms with Gasteiger partial charge in [-0.25, -0.2) is 9.59 Å². The second-order valence-electron chi connectivity index (χ2n) is 7.90. The normalized spacial score (nSPS) is 11.0. The van der Waals surface area contributed by atoms with Crippen LogP contribution in [0.25, 0.3) is 32.7 Å². The minimum absolute atomic E-state index is 0.176. The first-order valence-corrected chi connectivity index (χ1v) is 11.4. The minimum Gasteiger partial charge on any atom is -0.491 e. The van der Waals surface area contributed by atoms with Gasteiger partial charge in [-0.2, -0.15) is 0 Å². The molecular formula is C28H26O8. The Morgan fingerprint density at radius 3 is 1.31 bits per heavy atom. The van der Waals surface area contributed by atoms with Gasteiger partial charge in [0.25, 0.3) is 0 Å². The summed E-state index contributed by atoms with van der Waals surface area (Å²) >= 11 is 0. The predicted octanol–water partition coefficient (Wildman–Crippen LogP) is 4.62. The molecular weight excluding hydrogens is 464 g/mol. The van der Waals surface area contributed by atoms with Crippen molar-refractivity contribution in [3.63, 3.8) is 0 Å². The van der Waals surface area contributed by atoms with E-state index >= 15 is 0 Å². The van der Waals surface area contributed by atoms with Crippen molar-refractivity contribution in [1.29, 1.82) is 0 Å². The predicted molar refractivity (Wildman–Crippen MR) is 135 cm³/mol. The van der Waals surface area contributed by atoms with E-state index in [1.165, 1.54) is 0 Å². The third kappa shape index (κ3) is 6.10. The maximum absolute atomic E-state index is 10.6. The number of aliphatic carboxylic acids is 2. The molecule has 0 aliphatic heterocycles. The summed E-state index contributed by atoms with van der Waals surface area (Å²) in [7, 11) is 0. The minimum atomic E-state index is -1.01. The van der Waals surface area contributed by atoms with Gasteiger partial charge < -0.3 is 29.2 Å². The smallest absolute Gasteiger partial charge is 0.329 e. The van der Waals surface area contributed by atoms with Gasteiger partial charge in [0.2, 0.25) is 0 Å². The zero-order chi connectivity index (χ0) is 25.3. The van der Waals surface area contributed by atoms with Gasteiger partial charge in [-0.1, -0.05) is 60.7 Å². The number of benzene rings is 4. The molecule has 2 N–H and O–H groups in total. The molecule has 4 rings (SSSR count). The molecule has 0 heterocycles. The number of carbonyl (C=O) groups is 2. The Balaban J connectivity index is 1.60. The molecule has 0 atom stereocenters. The van der Waals surface area contributed by atoms with Crippen molar-refractivity contribution < 1.29 is 38.7 Å². The molecule has 0 aliphatic rings. The van der Waals surface area contributed by atoms with Crippen LogP contribution in [0.4, 0.5) is 0 Å². The number of carboxylic acids is 2. The molecule has 186 valence electrons. The van der Waals surface area contributed by atoms with E-state index in [0.29, 0.717) is 11.5 Å². The molecule has 8 nitrogen and oxygen atoms in total. The summed E-state index contributed by atoms with van der Waals surface area (Å²) in [5.74, 6) is -0.641. The van der Waals surface area contributed by atoms with E-state index in [2.05, 4.69) is 0 Å². The molecule has 0 unspecified atom stereocenters. The van der Waals surface area contributed by atoms with Crippen LogP contribution >= 0.6 is 0 Å². The van der Waals surface area contributed by atoms with Crippen LogP contribution in [0.5, 0.6) is 11.5 Å². The lowest BCUT2D eigenvalue weighted by Crippen LogP contribution is -2.12. The van der Waals surface area contributed by atoms with E-state index in [-0.39, 0.29) is 39.6 Å². The zero-order valence-electron chi connectivity index (χ0n) is 19.5. The summed E-state index contributed by atoms with van der Waals surface area (Å²) in [6.07, 6.45) is 0. The Kier molecular flexibility index (Phi) is 8.33. The van der Waals surface area contributed by atoms with Crippen molar-refractivity contribution in [3.8, 4) is 22.6 Å². The fourth-order valence-corrected chi connectivity index (χ4v) is 4.00. The number of rotatable bonds is 13. The standard InChI is InChI=1S/C28H26O8/c29-27(30)17-33-13-15-35-25-11-9-21(19-5-1-3-7-23(19)25)22-10-12-26(24-8-4-2-6-20(22)24)36-16-14-34-18-28(31)32/h1-12H,13-18H2,(H,29,30)(H,31,32). The highest BCUT2D eigenvalue weighted by Gasteiger charge is 2.13. The van der Waals surface area contributed by atoms with Crippen molar-refractivity contribution in [1.82, 2.24) is 0 Å². The van der Waals surface area contributed by atoms with Gasteiger partial charge in [0, 0.05) is 10.8 Å². The highest BCUT2D eigenvalue weighted by molar-refractivity contribution is 6.08. The monoisotopic (exact) mass is 490 g/mol. The first kappa shape index (κ1) is 25.0. The molecule has 0 saturated carbocycles. The topological polar surface area (TPSA) is 112 Å². The zero-order valence-corrected chi connectivity index (χ0v) is 19.5. The number of fused-ring (bicyclic) bond motifs is 2. The van der Waals surface area contributed by atoms with E-state index in [1.54, 1.807) is 0 Å². The number of hydrogen-bond acceptors (Lipinski definition) is 6. The maximum atomic E-state index is 10.6. The first-order chi connectivity index (χ1) is 17.5. The second kappa shape index (κ2) is 12.0. The Morgan fingerprint density at radius 2 is 0.917 bits per heavy atom. The lowest BCUT2D eigenvalue weighted by atomic mass is 9.93. The molecule has 36 heavy (non-hydrogen) atoms. The average Bonchev–Trinajstić information content (AvgIpc) is 2.88. The van der Waals surface area contributed by atoms with E-state index < -0.39 is 11.9 Å². The van der Waals surface area contributed by atoms with Crippen LogP contribution in [-0.4, -0.2) is 61.8 Å². The summed E-state index contributed by atoms with van der Waals surface area (Å²) < 4.78 is 21.9. The molecule has 0 amide bonds. The van der Waals surface area contributed by atoms with Gasteiger partial charge in [0.15, 0.2) is 0 Å². The lowest BCUT2D eigenvalue weighted by Gasteiger charge is -2.16. The second-order valence-corrected chi connectivity index (χ2v) is 7.90. The van der Waals surface area contributed by atoms with Crippen molar-refractivity contribution in [2.75, 3.05) is 39.6 Å². The van der Waals surface area contributed by atoms with Gasteiger partial charge in [-0.05, 0) is 34.0 Å². The third-order valence-electron chi connectivity index (χ3n) is 5.48. The van der Waals surface area contributed by atoms with Crippen molar-refractivity contribution >= 4 is 33.5 Å². The molecule has 0 aliphatic carbocycles. The fraction of sp³-hybridized carbons (Fsp3) is 0.214. The van der Waals surface area contributed by atoms with Crippen LogP contribution in [0.2, 0.25) is 0 Å². The summed E-state index contributed by atoms with van der Waals surface area (Å²) in [4.78, 5) is 21.2. The Morgan fingerprint density at radius 1 is 0.528 bits per heavy atom. The summed E-state index contributed by atoms with van der Waals surface area (Å²) in [6, 6.07) is 23.7. The molecule has 8 heteroatoms. The van der Waals surface area contributed by atoms with E-state index in [4.69, 9.17) is 29.2 Å². The fourth-order valence-electron chi connectivity index (χ4n) is 4.00. The number of ether oxygens (including phenoxy) is 4. The van der Waals surface area contributed by atoms with Crippen molar-refractivity contribution in [3.05, 3.63) is 72.8 Å². The van der Waals surface area contributed by atoms with Crippen LogP contribution in [0.3, 0.4) is 0 Å². The molecule has 4 aromatic carbocycles. The molecule has 0 radical (unpaired) electrons.